The van der Waals surface area contributed by atoms with Crippen LogP contribution in [0, 0.1) is 0 Å². The first-order valence-corrected chi connectivity index (χ1v) is 5.07. The minimum Gasteiger partial charge on any atom is -0.337 e. The lowest BCUT2D eigenvalue weighted by Gasteiger charge is -2.34. The second-order valence-electron chi connectivity index (χ2n) is 3.49. The lowest BCUT2D eigenvalue weighted by Crippen LogP contribution is -2.54. The third-order valence-electron chi connectivity index (χ3n) is 2.03. The number of hydrogen-bond donors (Lipinski definition) is 1. The van der Waals surface area contributed by atoms with Crippen LogP contribution in [0.25, 0.3) is 0 Å². The molecule has 0 saturated carbocycles. The van der Waals surface area contributed by atoms with E-state index >= 15 is 0 Å². The molecule has 1 fully saturated rings. The molecular formula is C8H15Cl3N2O. The first-order valence-electron chi connectivity index (χ1n) is 4.32. The van der Waals surface area contributed by atoms with Crippen LogP contribution in [0.5, 0.6) is 0 Å². The zero-order valence-electron chi connectivity index (χ0n) is 8.22. The number of nitrogens with zero attached hydrogens (tertiary/aromatic N) is 1. The van der Waals surface area contributed by atoms with E-state index in [-0.39, 0.29) is 18.3 Å². The molecule has 0 aromatic carbocycles. The third-order valence-corrected chi connectivity index (χ3v) is 2.35. The van der Waals surface area contributed by atoms with Crippen LogP contribution < -0.4 is 5.32 Å². The van der Waals surface area contributed by atoms with Gasteiger partial charge in [-0.1, -0.05) is 23.2 Å². The molecule has 0 bridgehead atoms. The van der Waals surface area contributed by atoms with E-state index in [0.717, 1.165) is 6.54 Å². The van der Waals surface area contributed by atoms with Crippen LogP contribution in [0.2, 0.25) is 0 Å². The number of amides is 1. The molecule has 0 aromatic heterocycles. The van der Waals surface area contributed by atoms with Crippen LogP contribution in [-0.2, 0) is 4.79 Å². The SMILES string of the molecule is C[C@@H]1CN(C(=O)C(C)(Cl)Cl)CCN1.Cl. The third kappa shape index (κ3) is 3.81. The summed E-state index contributed by atoms with van der Waals surface area (Å²) in [4.78, 5) is 13.3. The number of carbonyl (C=O) groups excluding carboxylic acids is 1. The maximum atomic E-state index is 11.6. The Labute approximate surface area is 101 Å². The number of carbonyl (C=O) groups is 1. The van der Waals surface area contributed by atoms with Gasteiger partial charge in [0.15, 0.2) is 4.33 Å². The summed E-state index contributed by atoms with van der Waals surface area (Å²) >= 11 is 11.4. The maximum Gasteiger partial charge on any atom is 0.258 e. The second kappa shape index (κ2) is 5.40. The molecule has 3 nitrogen and oxygen atoms in total. The molecule has 1 atom stereocenters. The lowest BCUT2D eigenvalue weighted by atomic mass is 10.2. The highest BCUT2D eigenvalue weighted by molar-refractivity contribution is 6.57. The van der Waals surface area contributed by atoms with Gasteiger partial charge in [-0.3, -0.25) is 4.79 Å². The summed E-state index contributed by atoms with van der Waals surface area (Å²) in [5.41, 5.74) is 0. The van der Waals surface area contributed by atoms with E-state index in [1.165, 1.54) is 6.92 Å². The predicted molar refractivity (Wildman–Crippen MR) is 61.4 cm³/mol. The first kappa shape index (κ1) is 14.3. The molecule has 1 N–H and O–H groups in total. The molecular weight excluding hydrogens is 246 g/mol. The van der Waals surface area contributed by atoms with E-state index in [9.17, 15) is 4.79 Å². The molecule has 1 saturated heterocycles. The first-order chi connectivity index (χ1) is 5.91. The fourth-order valence-corrected chi connectivity index (χ4v) is 1.63. The lowest BCUT2D eigenvalue weighted by molar-refractivity contribution is -0.132. The largest absolute Gasteiger partial charge is 0.337 e. The van der Waals surface area contributed by atoms with E-state index in [4.69, 9.17) is 23.2 Å². The molecule has 1 aliphatic heterocycles. The van der Waals surface area contributed by atoms with E-state index in [1.54, 1.807) is 4.90 Å². The van der Waals surface area contributed by atoms with Gasteiger partial charge in [-0.15, -0.1) is 12.4 Å². The van der Waals surface area contributed by atoms with Crippen molar-refractivity contribution in [2.75, 3.05) is 19.6 Å². The van der Waals surface area contributed by atoms with Crippen molar-refractivity contribution in [2.24, 2.45) is 0 Å². The van der Waals surface area contributed by atoms with Crippen LogP contribution in [0.1, 0.15) is 13.8 Å². The van der Waals surface area contributed by atoms with Gasteiger partial charge >= 0.3 is 0 Å². The van der Waals surface area contributed by atoms with Crippen molar-refractivity contribution in [3.8, 4) is 0 Å². The van der Waals surface area contributed by atoms with Crippen molar-refractivity contribution in [2.45, 2.75) is 24.2 Å². The molecule has 0 spiro atoms. The van der Waals surface area contributed by atoms with Gasteiger partial charge in [0.1, 0.15) is 0 Å². The molecule has 1 aliphatic rings. The van der Waals surface area contributed by atoms with Gasteiger partial charge in [-0.25, -0.2) is 0 Å². The highest BCUT2D eigenvalue weighted by atomic mass is 35.5. The molecule has 0 unspecified atom stereocenters. The van der Waals surface area contributed by atoms with E-state index < -0.39 is 4.33 Å². The minimum atomic E-state index is -1.29. The Kier molecular flexibility index (Phi) is 5.52. The van der Waals surface area contributed by atoms with Gasteiger partial charge in [-0.2, -0.15) is 0 Å². The van der Waals surface area contributed by atoms with Crippen molar-refractivity contribution in [3.63, 3.8) is 0 Å². The van der Waals surface area contributed by atoms with E-state index in [2.05, 4.69) is 5.32 Å². The highest BCUT2D eigenvalue weighted by Gasteiger charge is 2.33. The van der Waals surface area contributed by atoms with Crippen molar-refractivity contribution in [1.29, 1.82) is 0 Å². The van der Waals surface area contributed by atoms with Crippen molar-refractivity contribution in [3.05, 3.63) is 0 Å². The Hall–Kier alpha value is 0.300. The summed E-state index contributed by atoms with van der Waals surface area (Å²) in [7, 11) is 0. The van der Waals surface area contributed by atoms with E-state index in [0.29, 0.717) is 19.1 Å². The average molecular weight is 262 g/mol. The number of nitrogens with one attached hydrogen (secondary N) is 1. The Morgan fingerprint density at radius 2 is 2.14 bits per heavy atom. The Morgan fingerprint density at radius 1 is 1.57 bits per heavy atom. The summed E-state index contributed by atoms with van der Waals surface area (Å²) in [6, 6.07) is 0.313. The van der Waals surface area contributed by atoms with Gasteiger partial charge in [0.2, 0.25) is 0 Å². The topological polar surface area (TPSA) is 32.3 Å². The van der Waals surface area contributed by atoms with Crippen LogP contribution in [-0.4, -0.2) is 40.8 Å². The zero-order valence-corrected chi connectivity index (χ0v) is 10.5. The monoisotopic (exact) mass is 260 g/mol. The van der Waals surface area contributed by atoms with Crippen molar-refractivity contribution >= 4 is 41.5 Å². The van der Waals surface area contributed by atoms with Crippen LogP contribution in [0.4, 0.5) is 0 Å². The zero-order chi connectivity index (χ0) is 10.1. The molecule has 1 heterocycles. The molecule has 6 heteroatoms. The summed E-state index contributed by atoms with van der Waals surface area (Å²) in [6.45, 7) is 5.69. The summed E-state index contributed by atoms with van der Waals surface area (Å²) < 4.78 is -1.29. The standard InChI is InChI=1S/C8H14Cl2N2O.ClH/c1-6-5-12(4-3-11-6)7(13)8(2,9)10;/h6,11H,3-5H2,1-2H3;1H/t6-;/m1./s1. The molecule has 0 aromatic rings. The Bertz CT molecular complexity index is 205. The number of halogens is 3. The number of alkyl halides is 2. The van der Waals surface area contributed by atoms with Gasteiger partial charge in [0.05, 0.1) is 0 Å². The molecule has 84 valence electrons. The summed E-state index contributed by atoms with van der Waals surface area (Å²) in [6.07, 6.45) is 0. The van der Waals surface area contributed by atoms with Gasteiger partial charge in [0.25, 0.3) is 5.91 Å². The normalized spacial score (nSPS) is 22.9. The fraction of sp³-hybridized carbons (Fsp3) is 0.875. The predicted octanol–water partition coefficient (Wildman–Crippen LogP) is 1.42. The van der Waals surface area contributed by atoms with Crippen molar-refractivity contribution < 1.29 is 4.79 Å². The molecule has 0 aliphatic carbocycles. The number of hydrogen-bond acceptors (Lipinski definition) is 2. The molecule has 14 heavy (non-hydrogen) atoms. The van der Waals surface area contributed by atoms with E-state index in [1.807, 2.05) is 6.92 Å². The maximum absolute atomic E-state index is 11.6. The number of rotatable bonds is 1. The fourth-order valence-electron chi connectivity index (χ4n) is 1.39. The molecule has 1 amide bonds. The van der Waals surface area contributed by atoms with Gasteiger partial charge in [0, 0.05) is 25.7 Å². The Morgan fingerprint density at radius 3 is 2.57 bits per heavy atom. The van der Waals surface area contributed by atoms with Gasteiger partial charge < -0.3 is 10.2 Å². The molecule has 1 rings (SSSR count). The smallest absolute Gasteiger partial charge is 0.258 e. The number of piperazine rings is 1. The second-order valence-corrected chi connectivity index (χ2v) is 5.20. The average Bonchev–Trinajstić information content (AvgIpc) is 2.01. The van der Waals surface area contributed by atoms with Crippen LogP contribution in [0.15, 0.2) is 0 Å². The summed E-state index contributed by atoms with van der Waals surface area (Å²) in [5.74, 6) is -0.204. The van der Waals surface area contributed by atoms with Crippen LogP contribution in [0.3, 0.4) is 0 Å². The van der Waals surface area contributed by atoms with Crippen molar-refractivity contribution in [1.82, 2.24) is 10.2 Å². The summed E-state index contributed by atoms with van der Waals surface area (Å²) in [5, 5.41) is 3.24. The highest BCUT2D eigenvalue weighted by Crippen LogP contribution is 2.23. The quantitative estimate of drug-likeness (QED) is 0.724. The van der Waals surface area contributed by atoms with Gasteiger partial charge in [-0.05, 0) is 13.8 Å². The Balaban J connectivity index is 0.00000169. The minimum absolute atomic E-state index is 0. The van der Waals surface area contributed by atoms with Crippen LogP contribution >= 0.6 is 35.6 Å². The molecule has 0 radical (unpaired) electrons.